The van der Waals surface area contributed by atoms with Crippen LogP contribution in [0.1, 0.15) is 20.3 Å². The maximum atomic E-state index is 5.65. The van der Waals surface area contributed by atoms with Gasteiger partial charge in [0.15, 0.2) is 0 Å². The Labute approximate surface area is 78.9 Å². The van der Waals surface area contributed by atoms with Crippen LogP contribution in [0.15, 0.2) is 11.6 Å². The van der Waals surface area contributed by atoms with Crippen LogP contribution < -0.4 is 5.32 Å². The third kappa shape index (κ3) is 2.47. The summed E-state index contributed by atoms with van der Waals surface area (Å²) in [5.74, 6) is 0. The van der Waals surface area contributed by atoms with Crippen LogP contribution in [-0.4, -0.2) is 24.8 Å². The highest BCUT2D eigenvalue weighted by molar-refractivity contribution is 6.29. The average Bonchev–Trinajstić information content (AvgIpc) is 2.25. The van der Waals surface area contributed by atoms with Crippen molar-refractivity contribution >= 4 is 11.6 Å². The van der Waals surface area contributed by atoms with Crippen molar-refractivity contribution in [1.29, 1.82) is 0 Å². The van der Waals surface area contributed by atoms with E-state index in [1.54, 1.807) is 0 Å². The molecule has 0 aromatic rings. The lowest BCUT2D eigenvalue weighted by molar-refractivity contribution is 0.0223. The van der Waals surface area contributed by atoms with E-state index in [1.165, 1.54) is 0 Å². The van der Waals surface area contributed by atoms with Crippen LogP contribution in [0.5, 0.6) is 0 Å². The highest BCUT2D eigenvalue weighted by Crippen LogP contribution is 2.24. The molecule has 1 aliphatic heterocycles. The van der Waals surface area contributed by atoms with E-state index < -0.39 is 0 Å². The van der Waals surface area contributed by atoms with E-state index in [-0.39, 0.29) is 5.60 Å². The predicted molar refractivity (Wildman–Crippen MR) is 51.4 cm³/mol. The second-order valence-electron chi connectivity index (χ2n) is 3.69. The van der Waals surface area contributed by atoms with Gasteiger partial charge in [0.1, 0.15) is 0 Å². The zero-order valence-electron chi connectivity index (χ0n) is 7.69. The second kappa shape index (κ2) is 3.77. The minimum absolute atomic E-state index is 0.0632. The number of hydrogen-bond acceptors (Lipinski definition) is 2. The van der Waals surface area contributed by atoms with Crippen molar-refractivity contribution in [2.45, 2.75) is 31.9 Å². The fourth-order valence-corrected chi connectivity index (χ4v) is 1.55. The van der Waals surface area contributed by atoms with Gasteiger partial charge in [-0.15, -0.1) is 0 Å². The van der Waals surface area contributed by atoms with E-state index in [1.807, 2.05) is 0 Å². The van der Waals surface area contributed by atoms with E-state index in [9.17, 15) is 0 Å². The molecule has 0 radical (unpaired) electrons. The van der Waals surface area contributed by atoms with E-state index in [2.05, 4.69) is 25.7 Å². The van der Waals surface area contributed by atoms with Gasteiger partial charge in [0.25, 0.3) is 0 Å². The zero-order valence-corrected chi connectivity index (χ0v) is 8.45. The summed E-state index contributed by atoms with van der Waals surface area (Å²) in [5, 5.41) is 3.97. The molecular weight excluding hydrogens is 174 g/mol. The molecule has 0 aliphatic carbocycles. The van der Waals surface area contributed by atoms with Gasteiger partial charge in [-0.2, -0.15) is 0 Å². The molecule has 0 spiro atoms. The van der Waals surface area contributed by atoms with E-state index in [0.29, 0.717) is 17.6 Å². The zero-order chi connectivity index (χ0) is 9.19. The molecular formula is C9H16ClNO. The second-order valence-corrected chi connectivity index (χ2v) is 4.23. The Morgan fingerprint density at radius 1 is 1.75 bits per heavy atom. The molecule has 0 amide bonds. The topological polar surface area (TPSA) is 21.3 Å². The van der Waals surface area contributed by atoms with Crippen LogP contribution in [0.3, 0.4) is 0 Å². The monoisotopic (exact) mass is 189 g/mol. The van der Waals surface area contributed by atoms with Crippen molar-refractivity contribution in [3.8, 4) is 0 Å². The van der Waals surface area contributed by atoms with Crippen molar-refractivity contribution in [2.75, 3.05) is 13.2 Å². The largest absolute Gasteiger partial charge is 0.374 e. The quantitative estimate of drug-likeness (QED) is 0.733. The molecule has 12 heavy (non-hydrogen) atoms. The molecule has 0 saturated carbocycles. The number of halogens is 1. The van der Waals surface area contributed by atoms with E-state index in [0.717, 1.165) is 13.0 Å². The van der Waals surface area contributed by atoms with Crippen LogP contribution in [0.2, 0.25) is 0 Å². The molecule has 2 nitrogen and oxygen atoms in total. The Bertz CT molecular complexity index is 179. The summed E-state index contributed by atoms with van der Waals surface area (Å²) in [4.78, 5) is 0. The summed E-state index contributed by atoms with van der Waals surface area (Å²) in [6.07, 6.45) is 1.05. The maximum absolute atomic E-state index is 5.65. The normalized spacial score (nSPS) is 27.4. The van der Waals surface area contributed by atoms with Crippen LogP contribution >= 0.6 is 11.6 Å². The van der Waals surface area contributed by atoms with Gasteiger partial charge >= 0.3 is 0 Å². The molecule has 70 valence electrons. The van der Waals surface area contributed by atoms with Gasteiger partial charge in [0.2, 0.25) is 0 Å². The Hall–Kier alpha value is -0.0500. The third-order valence-corrected chi connectivity index (χ3v) is 2.39. The Morgan fingerprint density at radius 2 is 2.42 bits per heavy atom. The Kier molecular flexibility index (Phi) is 3.16. The van der Waals surface area contributed by atoms with Gasteiger partial charge < -0.3 is 10.1 Å². The fourth-order valence-electron chi connectivity index (χ4n) is 1.47. The van der Waals surface area contributed by atoms with Crippen molar-refractivity contribution in [3.63, 3.8) is 0 Å². The predicted octanol–water partition coefficient (Wildman–Crippen LogP) is 1.90. The molecule has 1 atom stereocenters. The summed E-state index contributed by atoms with van der Waals surface area (Å²) in [5.41, 5.74) is -0.0632. The summed E-state index contributed by atoms with van der Waals surface area (Å²) in [6.45, 7) is 9.31. The minimum Gasteiger partial charge on any atom is -0.374 e. The summed E-state index contributed by atoms with van der Waals surface area (Å²) in [7, 11) is 0. The van der Waals surface area contributed by atoms with Gasteiger partial charge in [0, 0.05) is 24.2 Å². The molecule has 1 saturated heterocycles. The first-order valence-corrected chi connectivity index (χ1v) is 4.61. The first-order valence-electron chi connectivity index (χ1n) is 4.23. The first-order chi connectivity index (χ1) is 5.52. The molecule has 1 aliphatic rings. The van der Waals surface area contributed by atoms with Crippen LogP contribution in [0, 0.1) is 0 Å². The van der Waals surface area contributed by atoms with Crippen molar-refractivity contribution < 1.29 is 4.74 Å². The molecule has 0 bridgehead atoms. The molecule has 0 aromatic heterocycles. The average molecular weight is 190 g/mol. The summed E-state index contributed by atoms with van der Waals surface area (Å²) in [6, 6.07) is 0.396. The lowest BCUT2D eigenvalue weighted by atomic mass is 9.99. The SMILES string of the molecule is C=C(Cl)CNC1CCOC1(C)C. The van der Waals surface area contributed by atoms with Gasteiger partial charge in [-0.3, -0.25) is 0 Å². The molecule has 1 N–H and O–H groups in total. The Morgan fingerprint density at radius 3 is 2.83 bits per heavy atom. The molecule has 1 unspecified atom stereocenters. The highest BCUT2D eigenvalue weighted by Gasteiger charge is 2.34. The molecule has 1 heterocycles. The van der Waals surface area contributed by atoms with Crippen LogP contribution in [-0.2, 0) is 4.74 Å². The maximum Gasteiger partial charge on any atom is 0.0779 e. The standard InChI is InChI=1S/C9H16ClNO/c1-7(10)6-11-8-4-5-12-9(8,2)3/h8,11H,1,4-6H2,2-3H3. The number of ether oxygens (including phenoxy) is 1. The number of rotatable bonds is 3. The smallest absolute Gasteiger partial charge is 0.0779 e. The van der Waals surface area contributed by atoms with Crippen molar-refractivity contribution in [1.82, 2.24) is 5.32 Å². The molecule has 1 fully saturated rings. The minimum atomic E-state index is -0.0632. The molecule has 1 rings (SSSR count). The Balaban J connectivity index is 2.36. The van der Waals surface area contributed by atoms with Crippen LogP contribution in [0.25, 0.3) is 0 Å². The van der Waals surface area contributed by atoms with Crippen LogP contribution in [0.4, 0.5) is 0 Å². The van der Waals surface area contributed by atoms with Gasteiger partial charge in [-0.25, -0.2) is 0 Å². The lowest BCUT2D eigenvalue weighted by Crippen LogP contribution is -2.43. The number of nitrogens with one attached hydrogen (secondary N) is 1. The van der Waals surface area contributed by atoms with Gasteiger partial charge in [0.05, 0.1) is 5.60 Å². The van der Waals surface area contributed by atoms with Crippen molar-refractivity contribution in [2.24, 2.45) is 0 Å². The summed E-state index contributed by atoms with van der Waals surface area (Å²) < 4.78 is 5.55. The van der Waals surface area contributed by atoms with Crippen molar-refractivity contribution in [3.05, 3.63) is 11.6 Å². The highest BCUT2D eigenvalue weighted by atomic mass is 35.5. The fraction of sp³-hybridized carbons (Fsp3) is 0.778. The van der Waals surface area contributed by atoms with Gasteiger partial charge in [-0.1, -0.05) is 18.2 Å². The number of hydrogen-bond donors (Lipinski definition) is 1. The lowest BCUT2D eigenvalue weighted by Gasteiger charge is -2.26. The summed E-state index contributed by atoms with van der Waals surface area (Å²) >= 11 is 5.65. The van der Waals surface area contributed by atoms with Gasteiger partial charge in [-0.05, 0) is 20.3 Å². The van der Waals surface area contributed by atoms with E-state index >= 15 is 0 Å². The molecule has 3 heteroatoms. The van der Waals surface area contributed by atoms with E-state index in [4.69, 9.17) is 16.3 Å². The first kappa shape index (κ1) is 10.0. The third-order valence-electron chi connectivity index (χ3n) is 2.26. The molecule has 0 aromatic carbocycles.